The van der Waals surface area contributed by atoms with Gasteiger partial charge in [0.1, 0.15) is 6.04 Å². The topological polar surface area (TPSA) is 75.4 Å². The lowest BCUT2D eigenvalue weighted by Crippen LogP contribution is -2.45. The van der Waals surface area contributed by atoms with Crippen molar-refractivity contribution < 1.29 is 9.59 Å². The van der Waals surface area contributed by atoms with Gasteiger partial charge in [0.15, 0.2) is 0 Å². The number of likely N-dealkylation sites (N-methyl/N-ethyl adjacent to an activating group) is 1. The number of carbonyl (C=O) groups excluding carboxylic acids is 2. The standard InChI is InChI=1S/C13H18BrN3O2/c1-4-17(3)13(19)8(2)16-12(18)10-7-9(15)5-6-11(10)14/h5-8H,4,15H2,1-3H3,(H,16,18). The number of halogens is 1. The van der Waals surface area contributed by atoms with Gasteiger partial charge in [0, 0.05) is 23.8 Å². The van der Waals surface area contributed by atoms with Crippen molar-refractivity contribution in [3.05, 3.63) is 28.2 Å². The first-order valence-corrected chi connectivity index (χ1v) is 6.77. The fraction of sp³-hybridized carbons (Fsp3) is 0.385. The Morgan fingerprint density at radius 2 is 2.11 bits per heavy atom. The Balaban J connectivity index is 2.80. The molecule has 1 unspecified atom stereocenters. The molecule has 0 fully saturated rings. The van der Waals surface area contributed by atoms with Crippen LogP contribution in [0.1, 0.15) is 24.2 Å². The van der Waals surface area contributed by atoms with Gasteiger partial charge in [-0.25, -0.2) is 0 Å². The van der Waals surface area contributed by atoms with E-state index in [0.29, 0.717) is 22.3 Å². The van der Waals surface area contributed by atoms with Crippen molar-refractivity contribution in [2.45, 2.75) is 19.9 Å². The van der Waals surface area contributed by atoms with Crippen molar-refractivity contribution in [2.75, 3.05) is 19.3 Å². The lowest BCUT2D eigenvalue weighted by molar-refractivity contribution is -0.131. The zero-order chi connectivity index (χ0) is 14.6. The highest BCUT2D eigenvalue weighted by molar-refractivity contribution is 9.10. The Kier molecular flexibility index (Phi) is 5.35. The van der Waals surface area contributed by atoms with Gasteiger partial charge in [-0.2, -0.15) is 0 Å². The molecule has 0 aliphatic heterocycles. The molecule has 0 saturated carbocycles. The van der Waals surface area contributed by atoms with Crippen molar-refractivity contribution in [2.24, 2.45) is 0 Å². The normalized spacial score (nSPS) is 11.8. The number of nitrogens with two attached hydrogens (primary N) is 1. The molecule has 0 radical (unpaired) electrons. The lowest BCUT2D eigenvalue weighted by Gasteiger charge is -2.20. The van der Waals surface area contributed by atoms with Crippen molar-refractivity contribution in [1.82, 2.24) is 10.2 Å². The van der Waals surface area contributed by atoms with Gasteiger partial charge >= 0.3 is 0 Å². The molecule has 2 amide bonds. The fourth-order valence-corrected chi connectivity index (χ4v) is 1.97. The average molecular weight is 328 g/mol. The molecule has 0 aliphatic rings. The third kappa shape index (κ3) is 3.96. The fourth-order valence-electron chi connectivity index (χ4n) is 1.54. The lowest BCUT2D eigenvalue weighted by atomic mass is 10.1. The van der Waals surface area contributed by atoms with E-state index >= 15 is 0 Å². The molecule has 0 heterocycles. The van der Waals surface area contributed by atoms with E-state index in [1.54, 1.807) is 37.1 Å². The molecule has 0 spiro atoms. The molecule has 0 aliphatic carbocycles. The maximum atomic E-state index is 12.1. The summed E-state index contributed by atoms with van der Waals surface area (Å²) in [6, 6.07) is 4.39. The van der Waals surface area contributed by atoms with Crippen LogP contribution in [0.3, 0.4) is 0 Å². The van der Waals surface area contributed by atoms with Crippen LogP contribution in [0.4, 0.5) is 5.69 Å². The summed E-state index contributed by atoms with van der Waals surface area (Å²) < 4.78 is 0.641. The Morgan fingerprint density at radius 1 is 1.47 bits per heavy atom. The molecule has 1 aromatic carbocycles. The van der Waals surface area contributed by atoms with Crippen LogP contribution < -0.4 is 11.1 Å². The molecular weight excluding hydrogens is 310 g/mol. The Hall–Kier alpha value is -1.56. The highest BCUT2D eigenvalue weighted by Crippen LogP contribution is 2.19. The predicted molar refractivity (Wildman–Crippen MR) is 78.8 cm³/mol. The molecule has 104 valence electrons. The van der Waals surface area contributed by atoms with E-state index in [1.165, 1.54) is 0 Å². The molecule has 3 N–H and O–H groups in total. The van der Waals surface area contributed by atoms with Gasteiger partial charge in [-0.15, -0.1) is 0 Å². The van der Waals surface area contributed by atoms with Gasteiger partial charge in [0.25, 0.3) is 5.91 Å². The molecule has 1 rings (SSSR count). The maximum absolute atomic E-state index is 12.1. The molecule has 0 bridgehead atoms. The second-order valence-corrected chi connectivity index (χ2v) is 5.14. The molecule has 6 heteroatoms. The van der Waals surface area contributed by atoms with Crippen LogP contribution in [0.25, 0.3) is 0 Å². The SMILES string of the molecule is CCN(C)C(=O)C(C)NC(=O)c1cc(N)ccc1Br. The van der Waals surface area contributed by atoms with Crippen LogP contribution in [0.15, 0.2) is 22.7 Å². The number of nitrogens with zero attached hydrogens (tertiary/aromatic N) is 1. The zero-order valence-corrected chi connectivity index (χ0v) is 12.8. The van der Waals surface area contributed by atoms with E-state index in [0.717, 1.165) is 0 Å². The summed E-state index contributed by atoms with van der Waals surface area (Å²) in [4.78, 5) is 25.5. The Labute approximate surface area is 121 Å². The highest BCUT2D eigenvalue weighted by Gasteiger charge is 2.20. The van der Waals surface area contributed by atoms with E-state index in [1.807, 2.05) is 6.92 Å². The number of amides is 2. The number of benzene rings is 1. The number of nitrogens with one attached hydrogen (secondary N) is 1. The van der Waals surface area contributed by atoms with Crippen molar-refractivity contribution in [3.63, 3.8) is 0 Å². The number of hydrogen-bond donors (Lipinski definition) is 2. The monoisotopic (exact) mass is 327 g/mol. The van der Waals surface area contributed by atoms with Crippen LogP contribution in [-0.4, -0.2) is 36.3 Å². The third-order valence-electron chi connectivity index (χ3n) is 2.80. The van der Waals surface area contributed by atoms with Gasteiger partial charge in [-0.05, 0) is 48.0 Å². The highest BCUT2D eigenvalue weighted by atomic mass is 79.9. The molecule has 0 saturated heterocycles. The summed E-state index contributed by atoms with van der Waals surface area (Å²) in [5, 5.41) is 2.66. The first-order chi connectivity index (χ1) is 8.86. The van der Waals surface area contributed by atoms with Crippen LogP contribution in [0, 0.1) is 0 Å². The van der Waals surface area contributed by atoms with Crippen LogP contribution in [0.5, 0.6) is 0 Å². The minimum Gasteiger partial charge on any atom is -0.399 e. The molecule has 1 aromatic rings. The molecule has 5 nitrogen and oxygen atoms in total. The van der Waals surface area contributed by atoms with E-state index in [9.17, 15) is 9.59 Å². The summed E-state index contributed by atoms with van der Waals surface area (Å²) in [5.74, 6) is -0.458. The van der Waals surface area contributed by atoms with Gasteiger partial charge < -0.3 is 16.0 Å². The minimum atomic E-state index is -0.578. The number of hydrogen-bond acceptors (Lipinski definition) is 3. The average Bonchev–Trinajstić information content (AvgIpc) is 2.39. The minimum absolute atomic E-state index is 0.129. The molecule has 0 aromatic heterocycles. The first kappa shape index (κ1) is 15.5. The largest absolute Gasteiger partial charge is 0.399 e. The number of nitrogen functional groups attached to an aromatic ring is 1. The number of anilines is 1. The smallest absolute Gasteiger partial charge is 0.253 e. The summed E-state index contributed by atoms with van der Waals surface area (Å²) in [5.41, 5.74) is 6.56. The predicted octanol–water partition coefficient (Wildman–Crippen LogP) is 1.63. The van der Waals surface area contributed by atoms with Crippen molar-refractivity contribution in [1.29, 1.82) is 0 Å². The van der Waals surface area contributed by atoms with Gasteiger partial charge in [0.2, 0.25) is 5.91 Å². The van der Waals surface area contributed by atoms with E-state index in [4.69, 9.17) is 5.73 Å². The van der Waals surface area contributed by atoms with E-state index in [2.05, 4.69) is 21.2 Å². The van der Waals surface area contributed by atoms with Gasteiger partial charge in [0.05, 0.1) is 5.56 Å². The Morgan fingerprint density at radius 3 is 2.68 bits per heavy atom. The quantitative estimate of drug-likeness (QED) is 0.825. The van der Waals surface area contributed by atoms with E-state index in [-0.39, 0.29) is 11.8 Å². The Bertz CT molecular complexity index is 491. The number of rotatable bonds is 4. The van der Waals surface area contributed by atoms with Crippen molar-refractivity contribution >= 4 is 33.4 Å². The number of carbonyl (C=O) groups is 2. The second kappa shape index (κ2) is 6.56. The summed E-state index contributed by atoms with van der Waals surface area (Å²) in [6.07, 6.45) is 0. The van der Waals surface area contributed by atoms with Gasteiger partial charge in [-0.1, -0.05) is 0 Å². The van der Waals surface area contributed by atoms with Crippen molar-refractivity contribution in [3.8, 4) is 0 Å². The molecule has 1 atom stereocenters. The molecular formula is C13H18BrN3O2. The maximum Gasteiger partial charge on any atom is 0.253 e. The van der Waals surface area contributed by atoms with E-state index < -0.39 is 6.04 Å². The van der Waals surface area contributed by atoms with Gasteiger partial charge in [-0.3, -0.25) is 9.59 Å². The molecule has 19 heavy (non-hydrogen) atoms. The zero-order valence-electron chi connectivity index (χ0n) is 11.2. The van der Waals surface area contributed by atoms with Crippen LogP contribution >= 0.6 is 15.9 Å². The van der Waals surface area contributed by atoms with Crippen LogP contribution in [0.2, 0.25) is 0 Å². The van der Waals surface area contributed by atoms with Crippen LogP contribution in [-0.2, 0) is 4.79 Å². The third-order valence-corrected chi connectivity index (χ3v) is 3.50. The summed E-state index contributed by atoms with van der Waals surface area (Å²) in [7, 11) is 1.70. The summed E-state index contributed by atoms with van der Waals surface area (Å²) >= 11 is 3.29. The summed E-state index contributed by atoms with van der Waals surface area (Å²) in [6.45, 7) is 4.13. The second-order valence-electron chi connectivity index (χ2n) is 4.29. The first-order valence-electron chi connectivity index (χ1n) is 5.97.